The first kappa shape index (κ1) is 23.0. The SMILES string of the molecule is N#Cc1ccc(OCc2ccccc2-c2nc3cc(F)c(F)cc3n2CC2CCCCC2)cc1F. The van der Waals surface area contributed by atoms with E-state index in [4.69, 9.17) is 15.0 Å². The summed E-state index contributed by atoms with van der Waals surface area (Å²) in [6.45, 7) is 0.809. The van der Waals surface area contributed by atoms with Crippen LogP contribution in [0.15, 0.2) is 54.6 Å². The van der Waals surface area contributed by atoms with Crippen molar-refractivity contribution in [1.82, 2.24) is 9.55 Å². The number of hydrogen-bond acceptors (Lipinski definition) is 3. The van der Waals surface area contributed by atoms with Crippen LogP contribution in [-0.4, -0.2) is 9.55 Å². The molecule has 4 nitrogen and oxygen atoms in total. The number of nitrogens with zero attached hydrogens (tertiary/aromatic N) is 3. The van der Waals surface area contributed by atoms with Gasteiger partial charge in [0, 0.05) is 35.9 Å². The first-order valence-corrected chi connectivity index (χ1v) is 11.8. The largest absolute Gasteiger partial charge is 0.489 e. The molecular weight excluding hydrogens is 451 g/mol. The van der Waals surface area contributed by atoms with Crippen molar-refractivity contribution >= 4 is 11.0 Å². The monoisotopic (exact) mass is 475 g/mol. The summed E-state index contributed by atoms with van der Waals surface area (Å²) in [5.74, 6) is -1.09. The van der Waals surface area contributed by atoms with Crippen LogP contribution in [0.25, 0.3) is 22.4 Å². The zero-order chi connectivity index (χ0) is 24.4. The second-order valence-corrected chi connectivity index (χ2v) is 9.00. The van der Waals surface area contributed by atoms with Crippen molar-refractivity contribution in [3.05, 3.63) is 83.2 Å². The minimum atomic E-state index is -0.925. The molecule has 4 aromatic rings. The smallest absolute Gasteiger partial charge is 0.161 e. The molecule has 1 aromatic heterocycles. The predicted octanol–water partition coefficient (Wildman–Crippen LogP) is 7.15. The zero-order valence-electron chi connectivity index (χ0n) is 19.1. The van der Waals surface area contributed by atoms with Crippen LogP contribution in [0.5, 0.6) is 5.75 Å². The second kappa shape index (κ2) is 9.83. The molecule has 1 aliphatic carbocycles. The van der Waals surface area contributed by atoms with Crippen LogP contribution in [0.1, 0.15) is 43.2 Å². The second-order valence-electron chi connectivity index (χ2n) is 9.00. The molecule has 0 aliphatic heterocycles. The molecule has 0 amide bonds. The Hall–Kier alpha value is -3.79. The number of aromatic nitrogens is 2. The molecule has 1 aliphatic rings. The van der Waals surface area contributed by atoms with Gasteiger partial charge in [0.05, 0.1) is 16.6 Å². The summed E-state index contributed by atoms with van der Waals surface area (Å²) in [4.78, 5) is 4.71. The van der Waals surface area contributed by atoms with Gasteiger partial charge >= 0.3 is 0 Å². The number of imidazole rings is 1. The molecule has 1 heterocycles. The van der Waals surface area contributed by atoms with E-state index >= 15 is 0 Å². The number of ether oxygens (including phenoxy) is 1. The lowest BCUT2D eigenvalue weighted by Gasteiger charge is -2.23. The summed E-state index contributed by atoms with van der Waals surface area (Å²) in [7, 11) is 0. The fourth-order valence-electron chi connectivity index (χ4n) is 4.84. The van der Waals surface area contributed by atoms with Crippen LogP contribution in [0, 0.1) is 34.7 Å². The molecule has 0 atom stereocenters. The molecule has 0 bridgehead atoms. The Bertz CT molecular complexity index is 1420. The average molecular weight is 476 g/mol. The summed E-state index contributed by atoms with van der Waals surface area (Å²) in [6.07, 6.45) is 5.75. The Kier molecular flexibility index (Phi) is 6.45. The van der Waals surface area contributed by atoms with Gasteiger partial charge in [-0.2, -0.15) is 5.26 Å². The molecule has 178 valence electrons. The van der Waals surface area contributed by atoms with Crippen molar-refractivity contribution in [2.75, 3.05) is 0 Å². The molecule has 1 saturated carbocycles. The van der Waals surface area contributed by atoms with Crippen molar-refractivity contribution in [3.63, 3.8) is 0 Å². The Balaban J connectivity index is 1.53. The lowest BCUT2D eigenvalue weighted by atomic mass is 9.89. The zero-order valence-corrected chi connectivity index (χ0v) is 19.1. The predicted molar refractivity (Wildman–Crippen MR) is 127 cm³/mol. The number of benzene rings is 3. The Morgan fingerprint density at radius 1 is 0.943 bits per heavy atom. The summed E-state index contributed by atoms with van der Waals surface area (Å²) in [6, 6.07) is 15.8. The lowest BCUT2D eigenvalue weighted by molar-refractivity contribution is 0.304. The molecule has 0 saturated heterocycles. The Morgan fingerprint density at radius 3 is 2.49 bits per heavy atom. The Morgan fingerprint density at radius 2 is 1.71 bits per heavy atom. The van der Waals surface area contributed by atoms with E-state index in [0.29, 0.717) is 35.1 Å². The van der Waals surface area contributed by atoms with Crippen molar-refractivity contribution in [2.45, 2.75) is 45.3 Å². The fraction of sp³-hybridized carbons (Fsp3) is 0.286. The molecule has 0 N–H and O–H groups in total. The molecule has 5 rings (SSSR count). The molecular formula is C28H24F3N3O. The van der Waals surface area contributed by atoms with Gasteiger partial charge < -0.3 is 9.30 Å². The third-order valence-electron chi connectivity index (χ3n) is 6.67. The van der Waals surface area contributed by atoms with Gasteiger partial charge in [-0.05, 0) is 30.9 Å². The van der Waals surface area contributed by atoms with Crippen LogP contribution >= 0.6 is 0 Å². The van der Waals surface area contributed by atoms with Gasteiger partial charge in [0.2, 0.25) is 0 Å². The van der Waals surface area contributed by atoms with Crippen LogP contribution < -0.4 is 4.74 Å². The first-order valence-electron chi connectivity index (χ1n) is 11.8. The molecule has 1 fully saturated rings. The highest BCUT2D eigenvalue weighted by Crippen LogP contribution is 2.33. The topological polar surface area (TPSA) is 50.8 Å². The van der Waals surface area contributed by atoms with Crippen LogP contribution in [0.3, 0.4) is 0 Å². The van der Waals surface area contributed by atoms with E-state index in [1.165, 1.54) is 37.5 Å². The van der Waals surface area contributed by atoms with Crippen LogP contribution in [0.2, 0.25) is 0 Å². The summed E-state index contributed by atoms with van der Waals surface area (Å²) in [5, 5.41) is 8.93. The first-order chi connectivity index (χ1) is 17.0. The standard InChI is InChI=1S/C28H24F3N3O/c29-23-12-21(11-10-19(23)15-32)35-17-20-8-4-5-9-22(20)28-33-26-13-24(30)25(31)14-27(26)34(28)16-18-6-2-1-3-7-18/h4-5,8-14,18H,1-3,6-7,16-17H2. The molecule has 0 unspecified atom stereocenters. The van der Waals surface area contributed by atoms with E-state index in [1.807, 2.05) is 28.8 Å². The summed E-state index contributed by atoms with van der Waals surface area (Å²) in [5.41, 5.74) is 2.51. The van der Waals surface area contributed by atoms with Crippen molar-refractivity contribution < 1.29 is 17.9 Å². The van der Waals surface area contributed by atoms with E-state index in [-0.39, 0.29) is 12.2 Å². The third kappa shape index (κ3) is 4.74. The number of fused-ring (bicyclic) bond motifs is 1. The van der Waals surface area contributed by atoms with E-state index in [9.17, 15) is 13.2 Å². The normalized spacial score (nSPS) is 14.2. The fourth-order valence-corrected chi connectivity index (χ4v) is 4.84. The summed E-state index contributed by atoms with van der Waals surface area (Å²) < 4.78 is 50.1. The van der Waals surface area contributed by atoms with Crippen molar-refractivity contribution in [1.29, 1.82) is 5.26 Å². The van der Waals surface area contributed by atoms with Crippen LogP contribution in [0.4, 0.5) is 13.2 Å². The molecule has 7 heteroatoms. The average Bonchev–Trinajstić information content (AvgIpc) is 3.20. The minimum absolute atomic E-state index is 0.0476. The maximum Gasteiger partial charge on any atom is 0.161 e. The maximum atomic E-state index is 14.2. The molecule has 0 spiro atoms. The number of halogens is 3. The number of rotatable bonds is 6. The highest BCUT2D eigenvalue weighted by Gasteiger charge is 2.22. The Labute approximate surface area is 201 Å². The van der Waals surface area contributed by atoms with E-state index in [0.717, 1.165) is 30.0 Å². The molecule has 35 heavy (non-hydrogen) atoms. The highest BCUT2D eigenvalue weighted by atomic mass is 19.2. The van der Waals surface area contributed by atoms with E-state index < -0.39 is 17.5 Å². The number of nitriles is 1. The summed E-state index contributed by atoms with van der Waals surface area (Å²) >= 11 is 0. The minimum Gasteiger partial charge on any atom is -0.489 e. The van der Waals surface area contributed by atoms with E-state index in [2.05, 4.69) is 0 Å². The van der Waals surface area contributed by atoms with Gasteiger partial charge in [0.1, 0.15) is 30.1 Å². The number of hydrogen-bond donors (Lipinski definition) is 0. The van der Waals surface area contributed by atoms with Gasteiger partial charge in [-0.1, -0.05) is 43.5 Å². The van der Waals surface area contributed by atoms with Gasteiger partial charge in [-0.25, -0.2) is 18.2 Å². The van der Waals surface area contributed by atoms with Crippen LogP contribution in [-0.2, 0) is 13.2 Å². The van der Waals surface area contributed by atoms with E-state index in [1.54, 1.807) is 12.1 Å². The third-order valence-corrected chi connectivity index (χ3v) is 6.67. The van der Waals surface area contributed by atoms with Gasteiger partial charge in [-0.3, -0.25) is 0 Å². The lowest BCUT2D eigenvalue weighted by Crippen LogP contribution is -2.15. The van der Waals surface area contributed by atoms with Gasteiger partial charge in [-0.15, -0.1) is 0 Å². The van der Waals surface area contributed by atoms with Gasteiger partial charge in [0.25, 0.3) is 0 Å². The van der Waals surface area contributed by atoms with Crippen molar-refractivity contribution in [3.8, 4) is 23.2 Å². The molecule has 3 aromatic carbocycles. The molecule has 0 radical (unpaired) electrons. The van der Waals surface area contributed by atoms with Gasteiger partial charge in [0.15, 0.2) is 11.6 Å². The highest BCUT2D eigenvalue weighted by molar-refractivity contribution is 5.81. The van der Waals surface area contributed by atoms with Crippen molar-refractivity contribution in [2.24, 2.45) is 5.92 Å². The quantitative estimate of drug-likeness (QED) is 0.298. The maximum absolute atomic E-state index is 14.2.